The molecule has 2 aromatic heterocycles. The van der Waals surface area contributed by atoms with Gasteiger partial charge in [-0.05, 0) is 23.6 Å². The molecule has 4 heteroatoms. The van der Waals surface area contributed by atoms with E-state index >= 15 is 0 Å². The van der Waals surface area contributed by atoms with E-state index in [9.17, 15) is 0 Å². The molecule has 0 amide bonds. The van der Waals surface area contributed by atoms with E-state index in [2.05, 4.69) is 27.4 Å². The number of nitrogens with zero attached hydrogens (tertiary/aromatic N) is 2. The predicted octanol–water partition coefficient (Wildman–Crippen LogP) is 2.72. The molecule has 1 atom stereocenters. The standard InChI is InChI=1S/C14H16N2OS/c1-2-6-15-13(5-1)14-11-16(7-8-17-14)10-12-4-3-9-18-12/h1-6,9,14H,7-8,10-11H2/t14-/m1/s1. The van der Waals surface area contributed by atoms with E-state index in [1.54, 1.807) is 0 Å². The average Bonchev–Trinajstić information content (AvgIpc) is 2.93. The summed E-state index contributed by atoms with van der Waals surface area (Å²) in [5, 5.41) is 2.13. The number of aromatic nitrogens is 1. The fourth-order valence-corrected chi connectivity index (χ4v) is 2.96. The summed E-state index contributed by atoms with van der Waals surface area (Å²) in [6, 6.07) is 10.3. The maximum atomic E-state index is 5.81. The third kappa shape index (κ3) is 2.77. The molecule has 1 aliphatic rings. The van der Waals surface area contributed by atoms with Gasteiger partial charge in [0.05, 0.1) is 12.3 Å². The summed E-state index contributed by atoms with van der Waals surface area (Å²) in [6.45, 7) is 3.73. The molecule has 1 aliphatic heterocycles. The highest BCUT2D eigenvalue weighted by atomic mass is 32.1. The van der Waals surface area contributed by atoms with Gasteiger partial charge in [-0.25, -0.2) is 0 Å². The molecule has 3 heterocycles. The predicted molar refractivity (Wildman–Crippen MR) is 72.5 cm³/mol. The summed E-state index contributed by atoms with van der Waals surface area (Å²) in [6.07, 6.45) is 1.94. The quantitative estimate of drug-likeness (QED) is 0.848. The second kappa shape index (κ2) is 5.61. The number of morpholine rings is 1. The normalized spacial score (nSPS) is 21.0. The van der Waals surface area contributed by atoms with Gasteiger partial charge in [0, 0.05) is 30.7 Å². The highest BCUT2D eigenvalue weighted by Gasteiger charge is 2.22. The third-order valence-electron chi connectivity index (χ3n) is 3.13. The van der Waals surface area contributed by atoms with Gasteiger partial charge in [-0.2, -0.15) is 0 Å². The summed E-state index contributed by atoms with van der Waals surface area (Å²) in [5.41, 5.74) is 1.04. The van der Waals surface area contributed by atoms with E-state index < -0.39 is 0 Å². The van der Waals surface area contributed by atoms with Crippen LogP contribution in [-0.2, 0) is 11.3 Å². The van der Waals surface area contributed by atoms with Gasteiger partial charge in [0.1, 0.15) is 6.10 Å². The largest absolute Gasteiger partial charge is 0.369 e. The Balaban J connectivity index is 1.65. The molecular formula is C14H16N2OS. The summed E-state index contributed by atoms with van der Waals surface area (Å²) < 4.78 is 5.81. The SMILES string of the molecule is c1ccc([C@H]2CN(Cc3cccs3)CCO2)nc1. The van der Waals surface area contributed by atoms with E-state index in [1.165, 1.54) is 4.88 Å². The number of hydrogen-bond donors (Lipinski definition) is 0. The Bertz CT molecular complexity index is 472. The van der Waals surface area contributed by atoms with Crippen LogP contribution in [0.15, 0.2) is 41.9 Å². The molecule has 18 heavy (non-hydrogen) atoms. The van der Waals surface area contributed by atoms with Crippen LogP contribution in [0, 0.1) is 0 Å². The first-order chi connectivity index (χ1) is 8.92. The zero-order valence-corrected chi connectivity index (χ0v) is 11.0. The number of rotatable bonds is 3. The van der Waals surface area contributed by atoms with E-state index in [0.29, 0.717) is 0 Å². The van der Waals surface area contributed by atoms with Crippen LogP contribution < -0.4 is 0 Å². The van der Waals surface area contributed by atoms with Crippen molar-refractivity contribution in [3.63, 3.8) is 0 Å². The molecule has 3 rings (SSSR count). The first-order valence-electron chi connectivity index (χ1n) is 6.19. The van der Waals surface area contributed by atoms with Gasteiger partial charge >= 0.3 is 0 Å². The maximum absolute atomic E-state index is 5.81. The lowest BCUT2D eigenvalue weighted by atomic mass is 10.2. The lowest BCUT2D eigenvalue weighted by molar-refractivity contribution is -0.0346. The molecule has 94 valence electrons. The zero-order chi connectivity index (χ0) is 12.2. The van der Waals surface area contributed by atoms with Crippen LogP contribution in [0.3, 0.4) is 0 Å². The smallest absolute Gasteiger partial charge is 0.112 e. The van der Waals surface area contributed by atoms with Crippen molar-refractivity contribution in [3.05, 3.63) is 52.5 Å². The van der Waals surface area contributed by atoms with Crippen LogP contribution in [0.2, 0.25) is 0 Å². The van der Waals surface area contributed by atoms with Gasteiger partial charge in [0.2, 0.25) is 0 Å². The monoisotopic (exact) mass is 260 g/mol. The Morgan fingerprint density at radius 3 is 3.11 bits per heavy atom. The Morgan fingerprint density at radius 2 is 2.33 bits per heavy atom. The number of pyridine rings is 1. The van der Waals surface area contributed by atoms with E-state index in [0.717, 1.165) is 31.9 Å². The van der Waals surface area contributed by atoms with Crippen molar-refractivity contribution in [1.29, 1.82) is 0 Å². The molecule has 0 saturated carbocycles. The molecule has 0 aromatic carbocycles. The van der Waals surface area contributed by atoms with Crippen LogP contribution in [0.5, 0.6) is 0 Å². The Kier molecular flexibility index (Phi) is 3.69. The van der Waals surface area contributed by atoms with Crippen molar-refractivity contribution in [2.45, 2.75) is 12.6 Å². The van der Waals surface area contributed by atoms with Crippen LogP contribution in [0.25, 0.3) is 0 Å². The topological polar surface area (TPSA) is 25.4 Å². The minimum atomic E-state index is 0.111. The van der Waals surface area contributed by atoms with Gasteiger partial charge in [-0.1, -0.05) is 12.1 Å². The van der Waals surface area contributed by atoms with Crippen molar-refractivity contribution >= 4 is 11.3 Å². The van der Waals surface area contributed by atoms with Gasteiger partial charge in [-0.15, -0.1) is 11.3 Å². The molecule has 1 saturated heterocycles. The number of hydrogen-bond acceptors (Lipinski definition) is 4. The zero-order valence-electron chi connectivity index (χ0n) is 10.2. The minimum Gasteiger partial charge on any atom is -0.369 e. The highest BCUT2D eigenvalue weighted by molar-refractivity contribution is 7.09. The molecular weight excluding hydrogens is 244 g/mol. The fraction of sp³-hybridized carbons (Fsp3) is 0.357. The van der Waals surface area contributed by atoms with Crippen molar-refractivity contribution in [2.75, 3.05) is 19.7 Å². The fourth-order valence-electron chi connectivity index (χ4n) is 2.21. The average molecular weight is 260 g/mol. The molecule has 0 unspecified atom stereocenters. The molecule has 0 bridgehead atoms. The highest BCUT2D eigenvalue weighted by Crippen LogP contribution is 2.22. The lowest BCUT2D eigenvalue weighted by Crippen LogP contribution is -2.37. The molecule has 0 radical (unpaired) electrons. The molecule has 3 nitrogen and oxygen atoms in total. The Morgan fingerprint density at radius 1 is 1.33 bits per heavy atom. The van der Waals surface area contributed by atoms with E-state index in [4.69, 9.17) is 4.74 Å². The summed E-state index contributed by atoms with van der Waals surface area (Å²) in [7, 11) is 0. The number of ether oxygens (including phenoxy) is 1. The van der Waals surface area contributed by atoms with Crippen LogP contribution >= 0.6 is 11.3 Å². The molecule has 0 N–H and O–H groups in total. The number of thiophene rings is 1. The van der Waals surface area contributed by atoms with Crippen molar-refractivity contribution in [2.24, 2.45) is 0 Å². The first-order valence-corrected chi connectivity index (χ1v) is 7.07. The molecule has 1 fully saturated rings. The third-order valence-corrected chi connectivity index (χ3v) is 3.99. The van der Waals surface area contributed by atoms with Crippen molar-refractivity contribution in [3.8, 4) is 0 Å². The van der Waals surface area contributed by atoms with Crippen LogP contribution in [-0.4, -0.2) is 29.6 Å². The van der Waals surface area contributed by atoms with Gasteiger partial charge in [0.25, 0.3) is 0 Å². The van der Waals surface area contributed by atoms with E-state index in [1.807, 2.05) is 35.7 Å². The second-order valence-electron chi connectivity index (χ2n) is 4.43. The maximum Gasteiger partial charge on any atom is 0.112 e. The van der Waals surface area contributed by atoms with Gasteiger partial charge < -0.3 is 4.74 Å². The van der Waals surface area contributed by atoms with Crippen LogP contribution in [0.1, 0.15) is 16.7 Å². The second-order valence-corrected chi connectivity index (χ2v) is 5.46. The molecule has 2 aromatic rings. The van der Waals surface area contributed by atoms with Crippen molar-refractivity contribution in [1.82, 2.24) is 9.88 Å². The van der Waals surface area contributed by atoms with Gasteiger partial charge in [0.15, 0.2) is 0 Å². The van der Waals surface area contributed by atoms with Crippen molar-refractivity contribution < 1.29 is 4.74 Å². The van der Waals surface area contributed by atoms with Crippen LogP contribution in [0.4, 0.5) is 0 Å². The van der Waals surface area contributed by atoms with E-state index in [-0.39, 0.29) is 6.10 Å². The molecule has 0 aliphatic carbocycles. The minimum absolute atomic E-state index is 0.111. The molecule has 0 spiro atoms. The summed E-state index contributed by atoms with van der Waals surface area (Å²) >= 11 is 1.82. The lowest BCUT2D eigenvalue weighted by Gasteiger charge is -2.32. The summed E-state index contributed by atoms with van der Waals surface area (Å²) in [4.78, 5) is 8.24. The summed E-state index contributed by atoms with van der Waals surface area (Å²) in [5.74, 6) is 0. The Hall–Kier alpha value is -1.23. The van der Waals surface area contributed by atoms with Gasteiger partial charge in [-0.3, -0.25) is 9.88 Å². The first kappa shape index (κ1) is 11.8. The Labute approximate surface area is 111 Å².